The fourth-order valence-electron chi connectivity index (χ4n) is 2.05. The maximum Gasteiger partial charge on any atom is 0.304 e. The molecule has 0 radical (unpaired) electrons. The summed E-state index contributed by atoms with van der Waals surface area (Å²) in [6.45, 7) is 0. The predicted octanol–water partition coefficient (Wildman–Crippen LogP) is 1.24. The molecule has 2 heterocycles. The van der Waals surface area contributed by atoms with E-state index in [9.17, 15) is 4.79 Å². The molecule has 0 amide bonds. The number of aromatic nitrogens is 3. The summed E-state index contributed by atoms with van der Waals surface area (Å²) in [6, 6.07) is 3.69. The summed E-state index contributed by atoms with van der Waals surface area (Å²) in [6.07, 6.45) is 5.50. The SMILES string of the molecule is O=C(O)CC1(c2cc3ncccn3n2)CC1. The summed E-state index contributed by atoms with van der Waals surface area (Å²) in [5.74, 6) is -0.762. The molecule has 1 saturated carbocycles. The number of nitrogens with zero attached hydrogens (tertiary/aromatic N) is 3. The molecule has 5 heteroatoms. The topological polar surface area (TPSA) is 67.5 Å². The van der Waals surface area contributed by atoms with Gasteiger partial charge < -0.3 is 5.11 Å². The third-order valence-electron chi connectivity index (χ3n) is 3.12. The summed E-state index contributed by atoms with van der Waals surface area (Å²) in [7, 11) is 0. The maximum atomic E-state index is 10.8. The molecule has 0 aliphatic heterocycles. The van der Waals surface area contributed by atoms with Crippen LogP contribution in [0.4, 0.5) is 0 Å². The van der Waals surface area contributed by atoms with Crippen molar-refractivity contribution in [1.82, 2.24) is 14.6 Å². The van der Waals surface area contributed by atoms with Gasteiger partial charge in [0.05, 0.1) is 12.1 Å². The van der Waals surface area contributed by atoms with Crippen molar-refractivity contribution in [3.8, 4) is 0 Å². The van der Waals surface area contributed by atoms with Crippen molar-refractivity contribution in [2.75, 3.05) is 0 Å². The lowest BCUT2D eigenvalue weighted by atomic mass is 9.98. The van der Waals surface area contributed by atoms with Crippen LogP contribution in [0.2, 0.25) is 0 Å². The van der Waals surface area contributed by atoms with Gasteiger partial charge in [-0.15, -0.1) is 0 Å². The van der Waals surface area contributed by atoms with Gasteiger partial charge >= 0.3 is 5.97 Å². The van der Waals surface area contributed by atoms with Crippen LogP contribution in [0.25, 0.3) is 5.65 Å². The van der Waals surface area contributed by atoms with Crippen LogP contribution in [0, 0.1) is 0 Å². The second-order valence-corrected chi connectivity index (χ2v) is 4.30. The first-order valence-corrected chi connectivity index (χ1v) is 5.22. The van der Waals surface area contributed by atoms with Crippen molar-refractivity contribution in [3.63, 3.8) is 0 Å². The number of fused-ring (bicyclic) bond motifs is 1. The molecule has 3 rings (SSSR count). The van der Waals surface area contributed by atoms with Crippen molar-refractivity contribution < 1.29 is 9.90 Å². The average molecular weight is 217 g/mol. The van der Waals surface area contributed by atoms with Gasteiger partial charge in [0.2, 0.25) is 0 Å². The van der Waals surface area contributed by atoms with Crippen LogP contribution in [-0.4, -0.2) is 25.7 Å². The number of aliphatic carboxylic acids is 1. The Bertz CT molecular complexity index is 524. The summed E-state index contributed by atoms with van der Waals surface area (Å²) in [4.78, 5) is 15.0. The van der Waals surface area contributed by atoms with Gasteiger partial charge in [-0.1, -0.05) is 0 Å². The smallest absolute Gasteiger partial charge is 0.304 e. The molecule has 1 aliphatic rings. The van der Waals surface area contributed by atoms with Crippen LogP contribution < -0.4 is 0 Å². The number of rotatable bonds is 3. The lowest BCUT2D eigenvalue weighted by Gasteiger charge is -2.07. The van der Waals surface area contributed by atoms with E-state index in [1.54, 1.807) is 16.8 Å². The summed E-state index contributed by atoms with van der Waals surface area (Å²) >= 11 is 0. The molecule has 0 atom stereocenters. The van der Waals surface area contributed by atoms with E-state index in [1.165, 1.54) is 0 Å². The Labute approximate surface area is 91.7 Å². The van der Waals surface area contributed by atoms with Crippen molar-refractivity contribution >= 4 is 11.6 Å². The monoisotopic (exact) mass is 217 g/mol. The Kier molecular flexibility index (Phi) is 1.77. The molecule has 82 valence electrons. The van der Waals surface area contributed by atoms with Crippen LogP contribution in [0.3, 0.4) is 0 Å². The van der Waals surface area contributed by atoms with E-state index in [0.29, 0.717) is 0 Å². The molecule has 0 unspecified atom stereocenters. The molecular formula is C11H11N3O2. The minimum atomic E-state index is -0.762. The van der Waals surface area contributed by atoms with Gasteiger partial charge in [0.25, 0.3) is 0 Å². The standard InChI is InChI=1S/C11H11N3O2/c15-10(16)7-11(2-3-11)8-6-9-12-4-1-5-14(9)13-8/h1,4-6H,2-3,7H2,(H,15,16). The second-order valence-electron chi connectivity index (χ2n) is 4.30. The van der Waals surface area contributed by atoms with Crippen molar-refractivity contribution in [2.24, 2.45) is 0 Å². The molecule has 2 aromatic heterocycles. The van der Waals surface area contributed by atoms with Gasteiger partial charge in [0, 0.05) is 23.9 Å². The zero-order valence-corrected chi connectivity index (χ0v) is 8.63. The molecule has 5 nitrogen and oxygen atoms in total. The van der Waals surface area contributed by atoms with Crippen molar-refractivity contribution in [1.29, 1.82) is 0 Å². The fraction of sp³-hybridized carbons (Fsp3) is 0.364. The van der Waals surface area contributed by atoms with E-state index in [1.807, 2.05) is 12.3 Å². The molecule has 1 aliphatic carbocycles. The zero-order valence-electron chi connectivity index (χ0n) is 8.63. The van der Waals surface area contributed by atoms with Crippen LogP contribution in [-0.2, 0) is 10.2 Å². The van der Waals surface area contributed by atoms with Crippen LogP contribution >= 0.6 is 0 Å². The average Bonchev–Trinajstić information content (AvgIpc) is 2.89. The highest BCUT2D eigenvalue weighted by Gasteiger charge is 2.48. The third kappa shape index (κ3) is 1.36. The number of hydrogen-bond acceptors (Lipinski definition) is 3. The Morgan fingerprint density at radius 1 is 1.56 bits per heavy atom. The lowest BCUT2D eigenvalue weighted by molar-refractivity contribution is -0.137. The molecule has 16 heavy (non-hydrogen) atoms. The van der Waals surface area contributed by atoms with Gasteiger partial charge in [0.15, 0.2) is 5.65 Å². The molecule has 0 saturated heterocycles. The summed E-state index contributed by atoms with van der Waals surface area (Å²) < 4.78 is 1.69. The van der Waals surface area contributed by atoms with E-state index in [-0.39, 0.29) is 11.8 Å². The van der Waals surface area contributed by atoms with Crippen LogP contribution in [0.1, 0.15) is 25.0 Å². The summed E-state index contributed by atoms with van der Waals surface area (Å²) in [5.41, 5.74) is 1.39. The van der Waals surface area contributed by atoms with Crippen LogP contribution in [0.5, 0.6) is 0 Å². The minimum Gasteiger partial charge on any atom is -0.481 e. The van der Waals surface area contributed by atoms with E-state index in [4.69, 9.17) is 5.11 Å². The fourth-order valence-corrected chi connectivity index (χ4v) is 2.05. The van der Waals surface area contributed by atoms with E-state index in [0.717, 1.165) is 24.2 Å². The number of carboxylic acid groups (broad SMARTS) is 1. The molecule has 0 bridgehead atoms. The van der Waals surface area contributed by atoms with E-state index < -0.39 is 5.97 Å². The van der Waals surface area contributed by atoms with E-state index in [2.05, 4.69) is 10.1 Å². The molecule has 0 aromatic carbocycles. The summed E-state index contributed by atoms with van der Waals surface area (Å²) in [5, 5.41) is 13.3. The first-order chi connectivity index (χ1) is 7.70. The number of carbonyl (C=O) groups is 1. The lowest BCUT2D eigenvalue weighted by Crippen LogP contribution is -2.13. The van der Waals surface area contributed by atoms with Gasteiger partial charge in [-0.2, -0.15) is 5.10 Å². The predicted molar refractivity (Wildman–Crippen MR) is 56.2 cm³/mol. The second kappa shape index (κ2) is 3.04. The van der Waals surface area contributed by atoms with Crippen molar-refractivity contribution in [3.05, 3.63) is 30.2 Å². The number of carboxylic acids is 1. The van der Waals surface area contributed by atoms with E-state index >= 15 is 0 Å². The Morgan fingerprint density at radius 3 is 3.00 bits per heavy atom. The quantitative estimate of drug-likeness (QED) is 0.839. The highest BCUT2D eigenvalue weighted by Crippen LogP contribution is 2.50. The van der Waals surface area contributed by atoms with Gasteiger partial charge in [-0.25, -0.2) is 9.50 Å². The molecule has 1 N–H and O–H groups in total. The largest absolute Gasteiger partial charge is 0.481 e. The van der Waals surface area contributed by atoms with Gasteiger partial charge in [0.1, 0.15) is 0 Å². The highest BCUT2D eigenvalue weighted by molar-refractivity contribution is 5.70. The first-order valence-electron chi connectivity index (χ1n) is 5.22. The normalized spacial score (nSPS) is 17.5. The Hall–Kier alpha value is -1.91. The molecule has 1 fully saturated rings. The molecule has 0 spiro atoms. The molecular weight excluding hydrogens is 206 g/mol. The first kappa shape index (κ1) is 9.33. The van der Waals surface area contributed by atoms with Crippen molar-refractivity contribution in [2.45, 2.75) is 24.7 Å². The zero-order chi connectivity index (χ0) is 11.2. The van der Waals surface area contributed by atoms with Gasteiger partial charge in [-0.05, 0) is 18.9 Å². The van der Waals surface area contributed by atoms with Gasteiger partial charge in [-0.3, -0.25) is 4.79 Å². The Morgan fingerprint density at radius 2 is 2.38 bits per heavy atom. The third-order valence-corrected chi connectivity index (χ3v) is 3.12. The molecule has 2 aromatic rings. The minimum absolute atomic E-state index is 0.164. The maximum absolute atomic E-state index is 10.8. The Balaban J connectivity index is 2.03. The highest BCUT2D eigenvalue weighted by atomic mass is 16.4. The number of hydrogen-bond donors (Lipinski definition) is 1. The van der Waals surface area contributed by atoms with Crippen LogP contribution in [0.15, 0.2) is 24.5 Å².